The van der Waals surface area contributed by atoms with Gasteiger partial charge in [-0.2, -0.15) is 0 Å². The molecule has 0 unspecified atom stereocenters. The van der Waals surface area contributed by atoms with Crippen molar-refractivity contribution in [1.29, 1.82) is 5.41 Å². The van der Waals surface area contributed by atoms with Crippen LogP contribution >= 0.6 is 0 Å². The first-order chi connectivity index (χ1) is 12.6. The highest BCUT2D eigenvalue weighted by atomic mass is 16.5. The second kappa shape index (κ2) is 8.10. The van der Waals surface area contributed by atoms with Crippen molar-refractivity contribution in [1.82, 2.24) is 9.13 Å². The number of ether oxygens (including phenoxy) is 2. The molecule has 1 aromatic heterocycles. The Bertz CT molecular complexity index is 912. The molecule has 6 heteroatoms. The van der Waals surface area contributed by atoms with Gasteiger partial charge >= 0.3 is 0 Å². The molecule has 138 valence electrons. The van der Waals surface area contributed by atoms with Gasteiger partial charge in [-0.05, 0) is 42.8 Å². The predicted molar refractivity (Wildman–Crippen MR) is 101 cm³/mol. The number of fused-ring (bicyclic) bond motifs is 1. The molecule has 0 aliphatic rings. The van der Waals surface area contributed by atoms with Gasteiger partial charge in [0.1, 0.15) is 24.2 Å². The summed E-state index contributed by atoms with van der Waals surface area (Å²) in [6, 6.07) is 15.2. The third-order valence-corrected chi connectivity index (χ3v) is 4.32. The van der Waals surface area contributed by atoms with Crippen molar-refractivity contribution in [2.45, 2.75) is 32.5 Å². The Kier molecular flexibility index (Phi) is 5.63. The maximum atomic E-state index is 10.4. The van der Waals surface area contributed by atoms with Crippen molar-refractivity contribution in [2.24, 2.45) is 0 Å². The van der Waals surface area contributed by atoms with E-state index in [1.807, 2.05) is 57.7 Å². The van der Waals surface area contributed by atoms with Crippen LogP contribution in [0.5, 0.6) is 11.5 Å². The number of imidazole rings is 1. The average molecular weight is 355 g/mol. The zero-order valence-electron chi connectivity index (χ0n) is 15.2. The number of aryl methyl sites for hydroxylation is 1. The smallest absolute Gasteiger partial charge is 0.203 e. The van der Waals surface area contributed by atoms with E-state index in [2.05, 4.69) is 6.92 Å². The zero-order chi connectivity index (χ0) is 18.5. The molecule has 0 saturated carbocycles. The number of hydrogen-bond donors (Lipinski definition) is 2. The van der Waals surface area contributed by atoms with E-state index in [-0.39, 0.29) is 6.61 Å². The lowest BCUT2D eigenvalue weighted by Gasteiger charge is -2.14. The summed E-state index contributed by atoms with van der Waals surface area (Å²) in [5.74, 6) is 1.44. The van der Waals surface area contributed by atoms with Crippen LogP contribution in [0.3, 0.4) is 0 Å². The number of aromatic nitrogens is 2. The number of hydrogen-bond acceptors (Lipinski definition) is 4. The zero-order valence-corrected chi connectivity index (χ0v) is 15.2. The number of methoxy groups -OCH3 is 1. The molecule has 0 aliphatic carbocycles. The summed E-state index contributed by atoms with van der Waals surface area (Å²) in [7, 11) is 1.62. The SMILES string of the molecule is CCCn1c(=N)n(C[C@@H](O)COc2ccc(OC)cc2)c2ccccc21. The summed E-state index contributed by atoms with van der Waals surface area (Å²) in [6.07, 6.45) is 0.236. The predicted octanol–water partition coefficient (Wildman–Crippen LogP) is 2.78. The molecule has 1 heterocycles. The molecule has 0 bridgehead atoms. The Balaban J connectivity index is 1.73. The quantitative estimate of drug-likeness (QED) is 0.653. The fourth-order valence-corrected chi connectivity index (χ4v) is 3.06. The van der Waals surface area contributed by atoms with Crippen molar-refractivity contribution in [2.75, 3.05) is 13.7 Å². The number of nitrogens with one attached hydrogen (secondary N) is 1. The van der Waals surface area contributed by atoms with Crippen LogP contribution in [-0.2, 0) is 13.1 Å². The Morgan fingerprint density at radius 3 is 2.23 bits per heavy atom. The monoisotopic (exact) mass is 355 g/mol. The highest BCUT2D eigenvalue weighted by Gasteiger charge is 2.14. The molecule has 1 atom stereocenters. The first kappa shape index (κ1) is 18.1. The van der Waals surface area contributed by atoms with Gasteiger partial charge in [-0.3, -0.25) is 5.41 Å². The van der Waals surface area contributed by atoms with Crippen molar-refractivity contribution < 1.29 is 14.6 Å². The van der Waals surface area contributed by atoms with E-state index >= 15 is 0 Å². The number of benzene rings is 2. The number of rotatable bonds is 8. The van der Waals surface area contributed by atoms with Gasteiger partial charge in [0.05, 0.1) is 24.7 Å². The molecule has 0 fully saturated rings. The van der Waals surface area contributed by atoms with Gasteiger partial charge in [0.25, 0.3) is 0 Å². The van der Waals surface area contributed by atoms with E-state index in [0.717, 1.165) is 29.7 Å². The lowest BCUT2D eigenvalue weighted by Crippen LogP contribution is -2.31. The second-order valence-corrected chi connectivity index (χ2v) is 6.21. The maximum Gasteiger partial charge on any atom is 0.203 e. The summed E-state index contributed by atoms with van der Waals surface area (Å²) >= 11 is 0. The molecule has 2 N–H and O–H groups in total. The minimum Gasteiger partial charge on any atom is -0.497 e. The van der Waals surface area contributed by atoms with Crippen molar-refractivity contribution in [3.8, 4) is 11.5 Å². The van der Waals surface area contributed by atoms with Crippen LogP contribution in [-0.4, -0.2) is 34.1 Å². The van der Waals surface area contributed by atoms with E-state index in [0.29, 0.717) is 17.9 Å². The minimum absolute atomic E-state index is 0.159. The van der Waals surface area contributed by atoms with E-state index in [1.54, 1.807) is 7.11 Å². The molecule has 2 aromatic carbocycles. The highest BCUT2D eigenvalue weighted by Crippen LogP contribution is 2.18. The van der Waals surface area contributed by atoms with Crippen LogP contribution in [0, 0.1) is 5.41 Å². The molecule has 6 nitrogen and oxygen atoms in total. The van der Waals surface area contributed by atoms with Gasteiger partial charge in [-0.15, -0.1) is 0 Å². The molecular formula is C20H25N3O3. The summed E-state index contributed by atoms with van der Waals surface area (Å²) in [5.41, 5.74) is 2.37. The molecule has 0 spiro atoms. The van der Waals surface area contributed by atoms with Crippen LogP contribution in [0.25, 0.3) is 11.0 Å². The summed E-state index contributed by atoms with van der Waals surface area (Å²) in [6.45, 7) is 3.35. The van der Waals surface area contributed by atoms with E-state index in [1.165, 1.54) is 0 Å². The Morgan fingerprint density at radius 1 is 1.00 bits per heavy atom. The van der Waals surface area contributed by atoms with E-state index in [9.17, 15) is 5.11 Å². The van der Waals surface area contributed by atoms with Crippen molar-refractivity contribution >= 4 is 11.0 Å². The van der Waals surface area contributed by atoms with Crippen LogP contribution in [0.15, 0.2) is 48.5 Å². The van der Waals surface area contributed by atoms with Gasteiger partial charge in [0.15, 0.2) is 0 Å². The van der Waals surface area contributed by atoms with Crippen molar-refractivity contribution in [3.05, 3.63) is 54.1 Å². The minimum atomic E-state index is -0.716. The Labute approximate surface area is 152 Å². The number of nitrogens with zero attached hydrogens (tertiary/aromatic N) is 2. The molecule has 0 radical (unpaired) electrons. The number of aliphatic hydroxyl groups excluding tert-OH is 1. The van der Waals surface area contributed by atoms with Crippen molar-refractivity contribution in [3.63, 3.8) is 0 Å². The number of aliphatic hydroxyl groups is 1. The molecule has 0 saturated heterocycles. The Hall–Kier alpha value is -2.73. The summed E-state index contributed by atoms with van der Waals surface area (Å²) in [5, 5.41) is 18.9. The Morgan fingerprint density at radius 2 is 1.62 bits per heavy atom. The molecule has 0 amide bonds. The van der Waals surface area contributed by atoms with Gasteiger partial charge in [-0.1, -0.05) is 19.1 Å². The largest absolute Gasteiger partial charge is 0.497 e. The first-order valence-electron chi connectivity index (χ1n) is 8.81. The van der Waals surface area contributed by atoms with Gasteiger partial charge in [-0.25, -0.2) is 0 Å². The van der Waals surface area contributed by atoms with Crippen LogP contribution in [0.4, 0.5) is 0 Å². The first-order valence-corrected chi connectivity index (χ1v) is 8.81. The second-order valence-electron chi connectivity index (χ2n) is 6.21. The highest BCUT2D eigenvalue weighted by molar-refractivity contribution is 5.75. The fraction of sp³-hybridized carbons (Fsp3) is 0.350. The molecular weight excluding hydrogens is 330 g/mol. The van der Waals surface area contributed by atoms with E-state index in [4.69, 9.17) is 14.9 Å². The third-order valence-electron chi connectivity index (χ3n) is 4.32. The maximum absolute atomic E-state index is 10.4. The molecule has 26 heavy (non-hydrogen) atoms. The molecule has 3 aromatic rings. The summed E-state index contributed by atoms with van der Waals surface area (Å²) in [4.78, 5) is 0. The standard InChI is InChI=1S/C20H25N3O3/c1-3-12-22-18-6-4-5-7-19(18)23(20(22)21)13-15(24)14-26-17-10-8-16(25-2)9-11-17/h4-11,15,21,24H,3,12-14H2,1-2H3/t15-/m1/s1. The van der Waals surface area contributed by atoms with E-state index < -0.39 is 6.10 Å². The number of para-hydroxylation sites is 2. The fourth-order valence-electron chi connectivity index (χ4n) is 3.06. The van der Waals surface area contributed by atoms with Crippen LogP contribution in [0.2, 0.25) is 0 Å². The van der Waals surface area contributed by atoms with Crippen LogP contribution < -0.4 is 15.1 Å². The van der Waals surface area contributed by atoms with Crippen LogP contribution in [0.1, 0.15) is 13.3 Å². The average Bonchev–Trinajstić information content (AvgIpc) is 2.93. The van der Waals surface area contributed by atoms with Gasteiger partial charge < -0.3 is 23.7 Å². The molecule has 0 aliphatic heterocycles. The molecule has 3 rings (SSSR count). The van der Waals surface area contributed by atoms with Gasteiger partial charge in [0.2, 0.25) is 5.62 Å². The lowest BCUT2D eigenvalue weighted by atomic mass is 10.3. The summed E-state index contributed by atoms with van der Waals surface area (Å²) < 4.78 is 14.6. The third kappa shape index (κ3) is 3.75. The topological polar surface area (TPSA) is 72.4 Å². The van der Waals surface area contributed by atoms with Gasteiger partial charge in [0, 0.05) is 6.54 Å². The lowest BCUT2D eigenvalue weighted by molar-refractivity contribution is 0.0920. The normalized spacial score (nSPS) is 12.3.